The van der Waals surface area contributed by atoms with Gasteiger partial charge in [-0.1, -0.05) is 30.3 Å². The van der Waals surface area contributed by atoms with Crippen molar-refractivity contribution in [3.8, 4) is 28.7 Å². The molecule has 0 spiro atoms. The van der Waals surface area contributed by atoms with E-state index < -0.39 is 24.2 Å². The van der Waals surface area contributed by atoms with Crippen molar-refractivity contribution < 1.29 is 38.0 Å². The molecule has 244 valence electrons. The van der Waals surface area contributed by atoms with E-state index in [1.54, 1.807) is 40.4 Å². The highest BCUT2D eigenvalue weighted by atomic mass is 16.5. The first kappa shape index (κ1) is 31.7. The molecule has 0 N–H and O–H groups in total. The molecule has 1 amide bonds. The summed E-state index contributed by atoms with van der Waals surface area (Å²) in [5, 5.41) is 0. The van der Waals surface area contributed by atoms with E-state index in [0.29, 0.717) is 52.7 Å². The summed E-state index contributed by atoms with van der Waals surface area (Å²) >= 11 is 0. The first-order chi connectivity index (χ1) is 22.2. The summed E-state index contributed by atoms with van der Waals surface area (Å²) in [6.07, 6.45) is 0.404. The van der Waals surface area contributed by atoms with E-state index in [9.17, 15) is 4.79 Å². The SMILES string of the molecule is COc1c(C)c(C)c(OC)c2c1C[C@@H]1C(=O)N3C(COCc4ccccc4)c4c(OC)c(OC)c(C)c(OC)c4C(=O)[C@H]3[C@@H]2N1C. The number of carbonyl (C=O) groups is 2. The fraction of sp³-hybridized carbons (Fsp3) is 0.444. The number of hydrogen-bond donors (Lipinski definition) is 0. The van der Waals surface area contributed by atoms with Crippen LogP contribution in [-0.4, -0.2) is 82.8 Å². The Bertz CT molecular complexity index is 1700. The van der Waals surface area contributed by atoms with Crippen LogP contribution in [0.3, 0.4) is 0 Å². The Morgan fingerprint density at radius 2 is 1.33 bits per heavy atom. The van der Waals surface area contributed by atoms with Gasteiger partial charge in [-0.3, -0.25) is 14.5 Å². The predicted octanol–water partition coefficient (Wildman–Crippen LogP) is 4.92. The van der Waals surface area contributed by atoms with Gasteiger partial charge in [0.05, 0.1) is 72.5 Å². The van der Waals surface area contributed by atoms with E-state index in [2.05, 4.69) is 0 Å². The zero-order valence-electron chi connectivity index (χ0n) is 28.0. The van der Waals surface area contributed by atoms with E-state index in [1.807, 2.05) is 63.1 Å². The van der Waals surface area contributed by atoms with Crippen molar-refractivity contribution in [3.63, 3.8) is 0 Å². The molecule has 6 rings (SSSR count). The van der Waals surface area contributed by atoms with Crippen molar-refractivity contribution in [2.24, 2.45) is 0 Å². The van der Waals surface area contributed by atoms with Crippen molar-refractivity contribution in [2.45, 2.75) is 58.0 Å². The van der Waals surface area contributed by atoms with Gasteiger partial charge in [0.1, 0.15) is 23.3 Å². The van der Waals surface area contributed by atoms with Crippen molar-refractivity contribution >= 4 is 11.7 Å². The van der Waals surface area contributed by atoms with Gasteiger partial charge in [0.2, 0.25) is 5.91 Å². The number of nitrogens with zero attached hydrogens (tertiary/aromatic N) is 2. The topological polar surface area (TPSA) is 96.0 Å². The quantitative estimate of drug-likeness (QED) is 0.327. The molecule has 0 aromatic heterocycles. The molecule has 0 saturated carbocycles. The van der Waals surface area contributed by atoms with Crippen molar-refractivity contribution in [1.29, 1.82) is 0 Å². The van der Waals surface area contributed by atoms with Gasteiger partial charge in [0.25, 0.3) is 0 Å². The van der Waals surface area contributed by atoms with E-state index in [4.69, 9.17) is 28.4 Å². The molecule has 4 atom stereocenters. The summed E-state index contributed by atoms with van der Waals surface area (Å²) in [6.45, 7) is 6.28. The molecule has 3 aromatic rings. The minimum Gasteiger partial charge on any atom is -0.496 e. The number of likely N-dealkylation sites (N-methyl/N-ethyl adjacent to an activating group) is 1. The zero-order chi connectivity index (χ0) is 33.0. The van der Waals surface area contributed by atoms with E-state index in [0.717, 1.165) is 33.6 Å². The van der Waals surface area contributed by atoms with Gasteiger partial charge >= 0.3 is 0 Å². The summed E-state index contributed by atoms with van der Waals surface area (Å²) in [5.74, 6) is 2.24. The van der Waals surface area contributed by atoms with Crippen LogP contribution in [0.15, 0.2) is 30.3 Å². The number of ether oxygens (including phenoxy) is 6. The molecule has 3 aliphatic heterocycles. The maximum Gasteiger partial charge on any atom is 0.241 e. The lowest BCUT2D eigenvalue weighted by Gasteiger charge is -2.56. The van der Waals surface area contributed by atoms with Crippen LogP contribution in [0.2, 0.25) is 0 Å². The van der Waals surface area contributed by atoms with E-state index >= 15 is 4.79 Å². The van der Waals surface area contributed by atoms with Gasteiger partial charge in [0.15, 0.2) is 17.3 Å². The lowest BCUT2D eigenvalue weighted by molar-refractivity contribution is -0.156. The number of rotatable bonds is 9. The molecule has 0 radical (unpaired) electrons. The monoisotopic (exact) mass is 630 g/mol. The van der Waals surface area contributed by atoms with Crippen LogP contribution in [0.1, 0.15) is 61.4 Å². The molecule has 1 saturated heterocycles. The van der Waals surface area contributed by atoms with Gasteiger partial charge < -0.3 is 33.3 Å². The molecule has 1 unspecified atom stereocenters. The van der Waals surface area contributed by atoms with Crippen molar-refractivity contribution in [1.82, 2.24) is 9.80 Å². The summed E-state index contributed by atoms with van der Waals surface area (Å²) in [7, 11) is 9.84. The third kappa shape index (κ3) is 4.45. The molecule has 3 aromatic carbocycles. The van der Waals surface area contributed by atoms with Crippen LogP contribution < -0.4 is 23.7 Å². The molecule has 10 nitrogen and oxygen atoms in total. The third-order valence-electron chi connectivity index (χ3n) is 10.1. The molecule has 3 heterocycles. The minimum atomic E-state index is -0.905. The van der Waals surface area contributed by atoms with Crippen LogP contribution in [0, 0.1) is 20.8 Å². The van der Waals surface area contributed by atoms with E-state index in [-0.39, 0.29) is 18.3 Å². The van der Waals surface area contributed by atoms with Gasteiger partial charge in [-0.05, 0) is 44.5 Å². The highest BCUT2D eigenvalue weighted by molar-refractivity contribution is 6.10. The summed E-state index contributed by atoms with van der Waals surface area (Å²) in [6, 6.07) is 7.20. The smallest absolute Gasteiger partial charge is 0.241 e. The molecule has 3 aliphatic rings. The average Bonchev–Trinajstić information content (AvgIpc) is 3.05. The second-order valence-electron chi connectivity index (χ2n) is 12.1. The molecule has 46 heavy (non-hydrogen) atoms. The molecule has 2 bridgehead atoms. The Kier molecular flexibility index (Phi) is 8.37. The van der Waals surface area contributed by atoms with Gasteiger partial charge in [-0.25, -0.2) is 0 Å². The average molecular weight is 631 g/mol. The normalized spacial score (nSPS) is 21.7. The van der Waals surface area contributed by atoms with Gasteiger partial charge in [-0.2, -0.15) is 0 Å². The Labute approximate surface area is 270 Å². The number of ketones is 1. The minimum absolute atomic E-state index is 0.118. The van der Waals surface area contributed by atoms with Crippen LogP contribution in [0.4, 0.5) is 0 Å². The Morgan fingerprint density at radius 3 is 1.93 bits per heavy atom. The van der Waals surface area contributed by atoms with Crippen LogP contribution >= 0.6 is 0 Å². The number of methoxy groups -OCH3 is 5. The van der Waals surface area contributed by atoms with Crippen LogP contribution in [0.25, 0.3) is 0 Å². The second kappa shape index (κ2) is 12.1. The second-order valence-corrected chi connectivity index (χ2v) is 12.1. The lowest BCUT2D eigenvalue weighted by atomic mass is 9.72. The summed E-state index contributed by atoms with van der Waals surface area (Å²) < 4.78 is 36.1. The molecular weight excluding hydrogens is 588 g/mol. The standard InChI is InChI=1S/C36H42N2O8/c1-18-19(2)32(42-6)25-22(31(18)41-5)15-23-36(40)38-24(17-46-16-21-13-11-10-12-14-21)26-27(30(39)29(38)28(25)37(23)4)33(43-7)20(3)34(44-8)35(26)45-9/h10-14,23-24,28-29H,15-17H2,1-9H3/t23-,24?,28-,29-/m1/s1. The van der Waals surface area contributed by atoms with Gasteiger partial charge in [-0.15, -0.1) is 0 Å². The first-order valence-electron chi connectivity index (χ1n) is 15.4. The number of piperazine rings is 1. The van der Waals surface area contributed by atoms with Crippen LogP contribution in [-0.2, 0) is 22.6 Å². The summed E-state index contributed by atoms with van der Waals surface area (Å²) in [4.78, 5) is 33.6. The first-order valence-corrected chi connectivity index (χ1v) is 15.4. The van der Waals surface area contributed by atoms with Gasteiger partial charge in [0, 0.05) is 28.7 Å². The number of amides is 1. The molecular formula is C36H42N2O8. The Hall–Kier alpha value is -4.28. The van der Waals surface area contributed by atoms with Crippen molar-refractivity contribution in [3.05, 3.63) is 74.8 Å². The largest absolute Gasteiger partial charge is 0.496 e. The molecule has 10 heteroatoms. The Morgan fingerprint density at radius 1 is 0.717 bits per heavy atom. The lowest BCUT2D eigenvalue weighted by Crippen LogP contribution is -2.68. The zero-order valence-corrected chi connectivity index (χ0v) is 28.0. The number of Topliss-reactive ketones (excluding diaryl/α,β-unsaturated/α-hetero) is 1. The van der Waals surface area contributed by atoms with Crippen LogP contribution in [0.5, 0.6) is 28.7 Å². The highest BCUT2D eigenvalue weighted by Gasteiger charge is 2.59. The number of fused-ring (bicyclic) bond motifs is 7. The van der Waals surface area contributed by atoms with E-state index in [1.165, 1.54) is 0 Å². The maximum atomic E-state index is 15.1. The molecule has 0 aliphatic carbocycles. The Balaban J connectivity index is 1.61. The fourth-order valence-corrected chi connectivity index (χ4v) is 7.94. The van der Waals surface area contributed by atoms with Crippen molar-refractivity contribution in [2.75, 3.05) is 49.2 Å². The summed E-state index contributed by atoms with van der Waals surface area (Å²) in [5.41, 5.74) is 6.16. The highest BCUT2D eigenvalue weighted by Crippen LogP contribution is 2.57. The molecule has 1 fully saturated rings. The number of benzene rings is 3. The maximum absolute atomic E-state index is 15.1. The fourth-order valence-electron chi connectivity index (χ4n) is 7.94. The number of hydrogen-bond acceptors (Lipinski definition) is 9. The third-order valence-corrected chi connectivity index (χ3v) is 10.1. The number of carbonyl (C=O) groups excluding carboxylic acids is 2. The predicted molar refractivity (Wildman–Crippen MR) is 172 cm³/mol.